The van der Waals surface area contributed by atoms with Crippen LogP contribution in [0.4, 0.5) is 0 Å². The van der Waals surface area contributed by atoms with Crippen LogP contribution in [0.2, 0.25) is 0 Å². The van der Waals surface area contributed by atoms with Crippen molar-refractivity contribution in [2.75, 3.05) is 27.4 Å². The fourth-order valence-corrected chi connectivity index (χ4v) is 2.25. The molecular weight excluding hydrogens is 266 g/mol. The van der Waals surface area contributed by atoms with E-state index in [-0.39, 0.29) is 0 Å². The van der Waals surface area contributed by atoms with Gasteiger partial charge in [-0.2, -0.15) is 0 Å². The first-order valence-corrected chi connectivity index (χ1v) is 7.13. The van der Waals surface area contributed by atoms with Crippen LogP contribution >= 0.6 is 0 Å². The molecule has 0 saturated heterocycles. The predicted octanol–water partition coefficient (Wildman–Crippen LogP) is 2.46. The first-order chi connectivity index (χ1) is 10.3. The topological polar surface area (TPSA) is 50.4 Å². The monoisotopic (exact) mass is 289 g/mol. The average molecular weight is 289 g/mol. The normalized spacial score (nSPS) is 11.0. The van der Waals surface area contributed by atoms with Gasteiger partial charge in [0.1, 0.15) is 5.75 Å². The summed E-state index contributed by atoms with van der Waals surface area (Å²) in [7, 11) is 3.42. The van der Waals surface area contributed by atoms with Crippen LogP contribution in [0.25, 0.3) is 0 Å². The van der Waals surface area contributed by atoms with Gasteiger partial charge >= 0.3 is 0 Å². The van der Waals surface area contributed by atoms with Gasteiger partial charge < -0.3 is 14.5 Å². The zero-order chi connectivity index (χ0) is 14.9. The maximum absolute atomic E-state index is 5.20. The Morgan fingerprint density at radius 2 is 1.95 bits per heavy atom. The number of rotatable bonds is 9. The number of imidazole rings is 1. The smallest absolute Gasteiger partial charge is 0.118 e. The maximum Gasteiger partial charge on any atom is 0.118 e. The van der Waals surface area contributed by atoms with Crippen molar-refractivity contribution >= 4 is 0 Å². The molecule has 21 heavy (non-hydrogen) atoms. The highest BCUT2D eigenvalue weighted by Gasteiger charge is 2.08. The summed E-state index contributed by atoms with van der Waals surface area (Å²) < 4.78 is 10.3. The van der Waals surface area contributed by atoms with E-state index in [0.717, 1.165) is 44.1 Å². The van der Waals surface area contributed by atoms with Crippen molar-refractivity contribution in [1.29, 1.82) is 0 Å². The molecule has 2 rings (SSSR count). The molecule has 2 aromatic rings. The van der Waals surface area contributed by atoms with E-state index in [2.05, 4.69) is 27.0 Å². The van der Waals surface area contributed by atoms with Crippen LogP contribution in [0.15, 0.2) is 36.8 Å². The highest BCUT2D eigenvalue weighted by Crippen LogP contribution is 2.14. The van der Waals surface area contributed by atoms with Crippen LogP contribution in [0.1, 0.15) is 17.7 Å². The Labute approximate surface area is 125 Å². The fraction of sp³-hybridized carbons (Fsp3) is 0.438. The van der Waals surface area contributed by atoms with Crippen molar-refractivity contribution < 1.29 is 9.47 Å². The molecule has 1 heterocycles. The number of ether oxygens (including phenoxy) is 2. The lowest BCUT2D eigenvalue weighted by Crippen LogP contribution is -2.25. The number of hydrogen-bond acceptors (Lipinski definition) is 4. The van der Waals surface area contributed by atoms with Crippen molar-refractivity contribution in [3.63, 3.8) is 0 Å². The first kappa shape index (κ1) is 15.5. The zero-order valence-corrected chi connectivity index (χ0v) is 12.7. The molecule has 114 valence electrons. The molecule has 0 unspecified atom stereocenters. The Morgan fingerprint density at radius 1 is 1.14 bits per heavy atom. The van der Waals surface area contributed by atoms with E-state index in [1.807, 2.05) is 18.3 Å². The molecule has 0 bridgehead atoms. The van der Waals surface area contributed by atoms with E-state index in [0.29, 0.717) is 0 Å². The largest absolute Gasteiger partial charge is 0.497 e. The third-order valence-electron chi connectivity index (χ3n) is 3.34. The Bertz CT molecular complexity index is 497. The predicted molar refractivity (Wildman–Crippen MR) is 82.2 cm³/mol. The molecule has 0 atom stereocenters. The number of hydrogen-bond donors (Lipinski definition) is 1. The molecule has 0 fully saturated rings. The molecule has 1 aromatic carbocycles. The van der Waals surface area contributed by atoms with Crippen LogP contribution in [0.5, 0.6) is 5.75 Å². The van der Waals surface area contributed by atoms with E-state index < -0.39 is 0 Å². The van der Waals surface area contributed by atoms with Crippen LogP contribution in [-0.2, 0) is 17.8 Å². The molecule has 5 heteroatoms. The van der Waals surface area contributed by atoms with Gasteiger partial charge in [-0.1, -0.05) is 12.1 Å². The lowest BCUT2D eigenvalue weighted by molar-refractivity contribution is 0.166. The number of nitrogens with one attached hydrogen (secondary N) is 1. The lowest BCUT2D eigenvalue weighted by atomic mass is 10.2. The standard InChI is InChI=1S/C16H23N3O2/c1-20-9-3-8-19(12-15-10-17-13-18-15)11-14-4-6-16(21-2)7-5-14/h4-7,10,13H,3,8-9,11-12H2,1-2H3,(H,17,18). The number of H-pyrrole nitrogens is 1. The third-order valence-corrected chi connectivity index (χ3v) is 3.34. The van der Waals surface area contributed by atoms with Crippen molar-refractivity contribution in [2.45, 2.75) is 19.5 Å². The first-order valence-electron chi connectivity index (χ1n) is 7.13. The van der Waals surface area contributed by atoms with Crippen molar-refractivity contribution in [3.8, 4) is 5.75 Å². The molecular formula is C16H23N3O2. The van der Waals surface area contributed by atoms with Gasteiger partial charge in [0.2, 0.25) is 0 Å². The Morgan fingerprint density at radius 3 is 2.57 bits per heavy atom. The molecule has 0 saturated carbocycles. The summed E-state index contributed by atoms with van der Waals surface area (Å²) in [6.45, 7) is 3.52. The number of aromatic amines is 1. The second-order valence-corrected chi connectivity index (χ2v) is 4.98. The van der Waals surface area contributed by atoms with Gasteiger partial charge in [-0.25, -0.2) is 4.98 Å². The van der Waals surface area contributed by atoms with E-state index in [9.17, 15) is 0 Å². The van der Waals surface area contributed by atoms with Gasteiger partial charge in [-0.05, 0) is 24.1 Å². The van der Waals surface area contributed by atoms with Crippen LogP contribution in [-0.4, -0.2) is 42.2 Å². The van der Waals surface area contributed by atoms with Gasteiger partial charge in [0.05, 0.1) is 13.4 Å². The van der Waals surface area contributed by atoms with Gasteiger partial charge in [0.15, 0.2) is 0 Å². The summed E-state index contributed by atoms with van der Waals surface area (Å²) in [5, 5.41) is 0. The van der Waals surface area contributed by atoms with Crippen molar-refractivity contribution in [2.24, 2.45) is 0 Å². The second kappa shape index (κ2) is 8.44. The lowest BCUT2D eigenvalue weighted by Gasteiger charge is -2.21. The average Bonchev–Trinajstić information content (AvgIpc) is 3.01. The number of methoxy groups -OCH3 is 2. The van der Waals surface area contributed by atoms with Crippen molar-refractivity contribution in [1.82, 2.24) is 14.9 Å². The summed E-state index contributed by atoms with van der Waals surface area (Å²) in [5.74, 6) is 0.887. The van der Waals surface area contributed by atoms with Crippen LogP contribution in [0.3, 0.4) is 0 Å². The Balaban J connectivity index is 1.96. The maximum atomic E-state index is 5.20. The van der Waals surface area contributed by atoms with Gasteiger partial charge in [0.25, 0.3) is 0 Å². The fourth-order valence-electron chi connectivity index (χ4n) is 2.25. The van der Waals surface area contributed by atoms with Gasteiger partial charge in [0, 0.05) is 45.2 Å². The molecule has 0 amide bonds. The van der Waals surface area contributed by atoms with Gasteiger partial charge in [-0.15, -0.1) is 0 Å². The highest BCUT2D eigenvalue weighted by molar-refractivity contribution is 5.27. The minimum Gasteiger partial charge on any atom is -0.497 e. The number of aromatic nitrogens is 2. The quantitative estimate of drug-likeness (QED) is 0.720. The molecule has 0 aliphatic heterocycles. The van der Waals surface area contributed by atoms with E-state index >= 15 is 0 Å². The highest BCUT2D eigenvalue weighted by atomic mass is 16.5. The van der Waals surface area contributed by atoms with E-state index in [4.69, 9.17) is 9.47 Å². The van der Waals surface area contributed by atoms with E-state index in [1.54, 1.807) is 20.5 Å². The van der Waals surface area contributed by atoms with Gasteiger partial charge in [-0.3, -0.25) is 4.90 Å². The van der Waals surface area contributed by atoms with Crippen LogP contribution < -0.4 is 4.74 Å². The van der Waals surface area contributed by atoms with Crippen LogP contribution in [0, 0.1) is 0 Å². The SMILES string of the molecule is COCCCN(Cc1ccc(OC)cc1)Cc1cnc[nH]1. The minimum atomic E-state index is 0.780. The Hall–Kier alpha value is -1.85. The molecule has 0 aliphatic rings. The minimum absolute atomic E-state index is 0.780. The summed E-state index contributed by atoms with van der Waals surface area (Å²) in [6, 6.07) is 8.21. The number of benzene rings is 1. The van der Waals surface area contributed by atoms with E-state index in [1.165, 1.54) is 5.56 Å². The second-order valence-electron chi connectivity index (χ2n) is 4.98. The third kappa shape index (κ3) is 5.21. The Kier molecular flexibility index (Phi) is 6.24. The molecule has 0 radical (unpaired) electrons. The molecule has 5 nitrogen and oxygen atoms in total. The molecule has 1 aromatic heterocycles. The van der Waals surface area contributed by atoms with Crippen molar-refractivity contribution in [3.05, 3.63) is 48.0 Å². The molecule has 0 spiro atoms. The summed E-state index contributed by atoms with van der Waals surface area (Å²) in [5.41, 5.74) is 2.40. The molecule has 0 aliphatic carbocycles. The molecule has 1 N–H and O–H groups in total. The summed E-state index contributed by atoms with van der Waals surface area (Å²) >= 11 is 0. The zero-order valence-electron chi connectivity index (χ0n) is 12.7. The summed E-state index contributed by atoms with van der Waals surface area (Å²) in [6.07, 6.45) is 4.61. The number of nitrogens with zero attached hydrogens (tertiary/aromatic N) is 2. The summed E-state index contributed by atoms with van der Waals surface area (Å²) in [4.78, 5) is 9.62.